The third-order valence-electron chi connectivity index (χ3n) is 2.67. The molecule has 0 spiro atoms. The van der Waals surface area contributed by atoms with E-state index in [1.807, 2.05) is 0 Å². The Morgan fingerprint density at radius 2 is 0.727 bits per heavy atom. The molecule has 0 saturated heterocycles. The fourth-order valence-corrected chi connectivity index (χ4v) is 2.51. The Morgan fingerprint density at radius 1 is 0.515 bits per heavy atom. The molecule has 0 saturated carbocycles. The molecule has 0 amide bonds. The second kappa shape index (κ2) is 23.3. The first-order valence-corrected chi connectivity index (χ1v) is 12.8. The smallest absolute Gasteiger partial charge is 0.325 e. The lowest BCUT2D eigenvalue weighted by Gasteiger charge is -2.04. The van der Waals surface area contributed by atoms with Gasteiger partial charge in [0.1, 0.15) is 0 Å². The molecular formula is C15H34N2O14P2. The summed E-state index contributed by atoms with van der Waals surface area (Å²) in [6, 6.07) is 0. The quantitative estimate of drug-likeness (QED) is 0.104. The molecule has 33 heavy (non-hydrogen) atoms. The Bertz CT molecular complexity index is 565. The molecule has 0 fully saturated rings. The molecule has 0 aromatic rings. The van der Waals surface area contributed by atoms with Gasteiger partial charge in [-0.25, -0.2) is 0 Å². The van der Waals surface area contributed by atoms with Crippen LogP contribution in [0.2, 0.25) is 0 Å². The summed E-state index contributed by atoms with van der Waals surface area (Å²) in [5, 5.41) is 31.6. The summed E-state index contributed by atoms with van der Waals surface area (Å²) in [7, 11) is -7.88. The molecule has 0 aromatic carbocycles. The standard InChI is InChI=1S/C5H14O6P2.2C4H6O4.C2H8N2/c6-12(7,8)4-2-1-3-5-13(9,10)11;2*5-3(6)1-2-4(7)8;3-1-2-4/h1-5H2,(H2,6,7,8)(H2,9,10,11);2*1-2H2,(H,5,6)(H,7,8);1-4H2. The molecule has 18 heteroatoms. The highest BCUT2D eigenvalue weighted by Gasteiger charge is 2.14. The Labute approximate surface area is 189 Å². The number of hydrogen-bond donors (Lipinski definition) is 10. The lowest BCUT2D eigenvalue weighted by atomic mass is 10.3. The second-order valence-electron chi connectivity index (χ2n) is 5.99. The molecule has 198 valence electrons. The monoisotopic (exact) mass is 528 g/mol. The lowest BCUT2D eigenvalue weighted by molar-refractivity contribution is -0.143. The fraction of sp³-hybridized carbons (Fsp3) is 0.733. The number of aliphatic carboxylic acids is 4. The van der Waals surface area contributed by atoms with Crippen LogP contribution in [0.15, 0.2) is 0 Å². The number of carboxylic acids is 4. The maximum atomic E-state index is 10.3. The summed E-state index contributed by atoms with van der Waals surface area (Å²) in [5.74, 6) is -4.31. The minimum atomic E-state index is -3.94. The van der Waals surface area contributed by atoms with E-state index in [2.05, 4.69) is 0 Å². The van der Waals surface area contributed by atoms with Gasteiger partial charge in [0.15, 0.2) is 0 Å². The van der Waals surface area contributed by atoms with Crippen molar-refractivity contribution in [1.82, 2.24) is 0 Å². The third kappa shape index (κ3) is 65.1. The maximum Gasteiger partial charge on any atom is 0.325 e. The van der Waals surface area contributed by atoms with Gasteiger partial charge in [0.25, 0.3) is 0 Å². The first-order chi connectivity index (χ1) is 14.9. The largest absolute Gasteiger partial charge is 0.481 e. The number of nitrogens with two attached hydrogens (primary N) is 2. The SMILES string of the molecule is NCCN.O=C(O)CCC(=O)O.O=C(O)CCC(=O)O.O=P(O)(O)CCCCCP(=O)(O)O. The first kappa shape index (κ1) is 38.4. The topological polar surface area (TPSA) is 316 Å². The van der Waals surface area contributed by atoms with Crippen molar-refractivity contribution in [3.8, 4) is 0 Å². The van der Waals surface area contributed by atoms with Crippen molar-refractivity contribution < 1.29 is 68.3 Å². The Balaban J connectivity index is -0.000000183. The van der Waals surface area contributed by atoms with Gasteiger partial charge >= 0.3 is 39.1 Å². The molecular weight excluding hydrogens is 494 g/mol. The lowest BCUT2D eigenvalue weighted by Crippen LogP contribution is -2.11. The van der Waals surface area contributed by atoms with E-state index in [9.17, 15) is 28.3 Å². The van der Waals surface area contributed by atoms with Crippen LogP contribution in [0.4, 0.5) is 0 Å². The van der Waals surface area contributed by atoms with Crippen molar-refractivity contribution in [2.45, 2.75) is 44.9 Å². The first-order valence-electron chi connectivity index (χ1n) is 9.24. The van der Waals surface area contributed by atoms with Crippen LogP contribution in [0.25, 0.3) is 0 Å². The van der Waals surface area contributed by atoms with Crippen molar-refractivity contribution in [1.29, 1.82) is 0 Å². The number of unbranched alkanes of at least 4 members (excludes halogenated alkanes) is 2. The predicted molar refractivity (Wildman–Crippen MR) is 115 cm³/mol. The van der Waals surface area contributed by atoms with Crippen molar-refractivity contribution in [2.24, 2.45) is 11.5 Å². The molecule has 0 rings (SSSR count). The Morgan fingerprint density at radius 3 is 0.848 bits per heavy atom. The van der Waals surface area contributed by atoms with Gasteiger partial charge in [0.2, 0.25) is 0 Å². The summed E-state index contributed by atoms with van der Waals surface area (Å²) in [6.07, 6.45) is -0.595. The molecule has 12 N–H and O–H groups in total. The molecule has 0 atom stereocenters. The zero-order chi connectivity index (χ0) is 27.1. The van der Waals surface area contributed by atoms with E-state index in [1.54, 1.807) is 0 Å². The normalized spacial score (nSPS) is 10.2. The van der Waals surface area contributed by atoms with Crippen molar-refractivity contribution in [3.05, 3.63) is 0 Å². The van der Waals surface area contributed by atoms with Crippen molar-refractivity contribution >= 4 is 39.1 Å². The molecule has 0 bridgehead atoms. The van der Waals surface area contributed by atoms with Crippen LogP contribution in [0.5, 0.6) is 0 Å². The highest BCUT2D eigenvalue weighted by molar-refractivity contribution is 7.52. The Hall–Kier alpha value is -1.90. The molecule has 16 nitrogen and oxygen atoms in total. The zero-order valence-electron chi connectivity index (χ0n) is 17.9. The van der Waals surface area contributed by atoms with Gasteiger partial charge in [0, 0.05) is 25.4 Å². The highest BCUT2D eigenvalue weighted by atomic mass is 31.2. The van der Waals surface area contributed by atoms with Gasteiger partial charge < -0.3 is 51.5 Å². The number of rotatable bonds is 13. The summed E-state index contributed by atoms with van der Waals surface area (Å²) in [4.78, 5) is 72.3. The van der Waals surface area contributed by atoms with Crippen LogP contribution in [0.1, 0.15) is 44.9 Å². The van der Waals surface area contributed by atoms with Crippen LogP contribution in [0, 0.1) is 0 Å². The van der Waals surface area contributed by atoms with Gasteiger partial charge in [-0.1, -0.05) is 6.42 Å². The minimum Gasteiger partial charge on any atom is -0.481 e. The predicted octanol–water partition coefficient (Wildman–Crippen LogP) is -0.712. The average molecular weight is 528 g/mol. The number of carboxylic acid groups (broad SMARTS) is 4. The maximum absolute atomic E-state index is 10.3. The van der Waals surface area contributed by atoms with Crippen LogP contribution < -0.4 is 11.5 Å². The second-order valence-corrected chi connectivity index (χ2v) is 9.54. The van der Waals surface area contributed by atoms with Crippen LogP contribution >= 0.6 is 15.2 Å². The highest BCUT2D eigenvalue weighted by Crippen LogP contribution is 2.37. The molecule has 0 aromatic heterocycles. The van der Waals surface area contributed by atoms with E-state index in [4.69, 9.17) is 51.5 Å². The van der Waals surface area contributed by atoms with Gasteiger partial charge in [-0.2, -0.15) is 0 Å². The fourth-order valence-electron chi connectivity index (χ4n) is 1.24. The summed E-state index contributed by atoms with van der Waals surface area (Å²) >= 11 is 0. The van der Waals surface area contributed by atoms with Gasteiger partial charge in [-0.15, -0.1) is 0 Å². The summed E-state index contributed by atoms with van der Waals surface area (Å²) in [5.41, 5.74) is 9.81. The average Bonchev–Trinajstić information content (AvgIpc) is 2.64. The van der Waals surface area contributed by atoms with E-state index in [-0.39, 0.29) is 38.0 Å². The number of carbonyl (C=O) groups is 4. The third-order valence-corrected chi connectivity index (χ3v) is 4.47. The Kier molecular flexibility index (Phi) is 27.0. The summed E-state index contributed by atoms with van der Waals surface area (Å²) in [6.45, 7) is 1.19. The van der Waals surface area contributed by atoms with Crippen molar-refractivity contribution in [3.63, 3.8) is 0 Å². The number of hydrogen-bond acceptors (Lipinski definition) is 8. The van der Waals surface area contributed by atoms with E-state index in [0.29, 0.717) is 32.4 Å². The molecule has 0 aliphatic carbocycles. The van der Waals surface area contributed by atoms with Crippen LogP contribution in [0.3, 0.4) is 0 Å². The van der Waals surface area contributed by atoms with Crippen LogP contribution in [-0.2, 0) is 28.3 Å². The van der Waals surface area contributed by atoms with E-state index >= 15 is 0 Å². The molecule has 0 radical (unpaired) electrons. The van der Waals surface area contributed by atoms with Gasteiger partial charge in [-0.05, 0) is 12.8 Å². The molecule has 0 unspecified atom stereocenters. The van der Waals surface area contributed by atoms with E-state index < -0.39 is 39.1 Å². The molecule has 0 aliphatic rings. The van der Waals surface area contributed by atoms with Gasteiger partial charge in [0.05, 0.1) is 25.7 Å². The van der Waals surface area contributed by atoms with Crippen LogP contribution in [-0.4, -0.2) is 89.3 Å². The van der Waals surface area contributed by atoms with Crippen molar-refractivity contribution in [2.75, 3.05) is 25.4 Å². The molecule has 0 heterocycles. The minimum absolute atomic E-state index is 0.214. The van der Waals surface area contributed by atoms with E-state index in [1.165, 1.54) is 0 Å². The van der Waals surface area contributed by atoms with E-state index in [0.717, 1.165) is 0 Å². The summed E-state index contributed by atoms with van der Waals surface area (Å²) < 4.78 is 20.7. The zero-order valence-corrected chi connectivity index (χ0v) is 19.6. The molecule has 0 aliphatic heterocycles. The van der Waals surface area contributed by atoms with Gasteiger partial charge in [-0.3, -0.25) is 28.3 Å².